The van der Waals surface area contributed by atoms with Gasteiger partial charge >= 0.3 is 0 Å². The van der Waals surface area contributed by atoms with Crippen molar-refractivity contribution in [3.05, 3.63) is 29.8 Å². The highest BCUT2D eigenvalue weighted by Crippen LogP contribution is 2.34. The van der Waals surface area contributed by atoms with Crippen LogP contribution in [0.15, 0.2) is 24.3 Å². The molecule has 1 saturated carbocycles. The van der Waals surface area contributed by atoms with Crippen molar-refractivity contribution in [2.75, 3.05) is 38.7 Å². The highest BCUT2D eigenvalue weighted by Gasteiger charge is 2.31. The van der Waals surface area contributed by atoms with Gasteiger partial charge in [0.05, 0.1) is 12.6 Å². The molecule has 1 aliphatic heterocycles. The summed E-state index contributed by atoms with van der Waals surface area (Å²) < 4.78 is 5.31. The molecule has 0 bridgehead atoms. The molecule has 1 saturated heterocycles. The fourth-order valence-electron chi connectivity index (χ4n) is 3.51. The Morgan fingerprint density at radius 2 is 2.25 bits per heavy atom. The normalized spacial score (nSPS) is 22.2. The molecule has 0 radical (unpaired) electrons. The summed E-state index contributed by atoms with van der Waals surface area (Å²) in [7, 11) is 1.73. The van der Waals surface area contributed by atoms with E-state index in [0.29, 0.717) is 30.7 Å². The topological polar surface area (TPSA) is 61.8 Å². The summed E-state index contributed by atoms with van der Waals surface area (Å²) >= 11 is 0. The van der Waals surface area contributed by atoms with Crippen LogP contribution in [0, 0.1) is 11.8 Å². The summed E-state index contributed by atoms with van der Waals surface area (Å²) in [6, 6.07) is 8.07. The summed E-state index contributed by atoms with van der Waals surface area (Å²) in [6.45, 7) is 2.28. The number of ether oxygens (including phenoxy) is 1. The Morgan fingerprint density at radius 3 is 2.96 bits per heavy atom. The Kier molecular flexibility index (Phi) is 5.74. The van der Waals surface area contributed by atoms with E-state index in [2.05, 4.69) is 5.32 Å². The van der Waals surface area contributed by atoms with E-state index in [1.54, 1.807) is 7.11 Å². The average molecular weight is 332 g/mol. The molecule has 1 aromatic carbocycles. The fraction of sp³-hybridized carbons (Fsp3) is 0.632. The molecule has 0 spiro atoms. The summed E-state index contributed by atoms with van der Waals surface area (Å²) in [5.74, 6) is 0.952. The van der Waals surface area contributed by atoms with E-state index in [1.165, 1.54) is 12.8 Å². The van der Waals surface area contributed by atoms with Crippen molar-refractivity contribution in [2.24, 2.45) is 11.8 Å². The van der Waals surface area contributed by atoms with Gasteiger partial charge in [0, 0.05) is 38.1 Å². The van der Waals surface area contributed by atoms with Crippen LogP contribution in [0.4, 0.5) is 5.69 Å². The van der Waals surface area contributed by atoms with E-state index in [4.69, 9.17) is 4.74 Å². The van der Waals surface area contributed by atoms with Crippen molar-refractivity contribution in [2.45, 2.75) is 31.7 Å². The molecular weight excluding hydrogens is 304 g/mol. The first-order chi connectivity index (χ1) is 11.7. The van der Waals surface area contributed by atoms with Gasteiger partial charge < -0.3 is 20.1 Å². The second kappa shape index (κ2) is 7.99. The van der Waals surface area contributed by atoms with Crippen LogP contribution in [0.25, 0.3) is 0 Å². The Morgan fingerprint density at radius 1 is 1.42 bits per heavy atom. The molecule has 5 heteroatoms. The van der Waals surface area contributed by atoms with Gasteiger partial charge in [-0.1, -0.05) is 6.07 Å². The summed E-state index contributed by atoms with van der Waals surface area (Å²) in [6.07, 6.45) is 4.46. The van der Waals surface area contributed by atoms with E-state index in [-0.39, 0.29) is 18.4 Å². The van der Waals surface area contributed by atoms with Crippen molar-refractivity contribution in [1.82, 2.24) is 4.90 Å². The van der Waals surface area contributed by atoms with Crippen LogP contribution in [0.5, 0.6) is 0 Å². The SMILES string of the molecule is COCC(Nc1cccc(C(=O)N2CCCC(CO)C2)c1)C1CC1. The Labute approximate surface area is 144 Å². The zero-order valence-electron chi connectivity index (χ0n) is 14.4. The molecule has 2 fully saturated rings. The first-order valence-electron chi connectivity index (χ1n) is 8.97. The molecule has 2 aliphatic rings. The van der Waals surface area contributed by atoms with E-state index >= 15 is 0 Å². The van der Waals surface area contributed by atoms with Crippen LogP contribution in [-0.2, 0) is 4.74 Å². The summed E-state index contributed by atoms with van der Waals surface area (Å²) in [5.41, 5.74) is 1.69. The molecular formula is C19H28N2O3. The van der Waals surface area contributed by atoms with Crippen molar-refractivity contribution >= 4 is 11.6 Å². The number of aliphatic hydroxyl groups excluding tert-OH is 1. The zero-order chi connectivity index (χ0) is 16.9. The number of rotatable bonds is 7. The van der Waals surface area contributed by atoms with Gasteiger partial charge in [-0.15, -0.1) is 0 Å². The number of hydrogen-bond acceptors (Lipinski definition) is 4. The molecule has 2 unspecified atom stereocenters. The standard InChI is InChI=1S/C19H28N2O3/c1-24-13-18(15-7-8-15)20-17-6-2-5-16(10-17)19(23)21-9-3-4-14(11-21)12-22/h2,5-6,10,14-15,18,20,22H,3-4,7-9,11-13H2,1H3. The van der Waals surface area contributed by atoms with Crippen molar-refractivity contribution < 1.29 is 14.6 Å². The van der Waals surface area contributed by atoms with Gasteiger partial charge in [0.2, 0.25) is 0 Å². The number of aliphatic hydroxyl groups is 1. The number of nitrogens with zero attached hydrogens (tertiary/aromatic N) is 1. The van der Waals surface area contributed by atoms with Crippen LogP contribution in [0.3, 0.4) is 0 Å². The third-order valence-electron chi connectivity index (χ3n) is 5.06. The Bertz CT molecular complexity index is 559. The third kappa shape index (κ3) is 4.28. The van der Waals surface area contributed by atoms with Gasteiger partial charge in [0.25, 0.3) is 5.91 Å². The molecule has 1 aliphatic carbocycles. The Hall–Kier alpha value is -1.59. The number of carbonyl (C=O) groups is 1. The maximum Gasteiger partial charge on any atom is 0.253 e. The third-order valence-corrected chi connectivity index (χ3v) is 5.06. The molecule has 1 amide bonds. The van der Waals surface area contributed by atoms with Gasteiger partial charge in [-0.25, -0.2) is 0 Å². The van der Waals surface area contributed by atoms with Crippen LogP contribution in [-0.4, -0.2) is 55.4 Å². The largest absolute Gasteiger partial charge is 0.396 e. The lowest BCUT2D eigenvalue weighted by Gasteiger charge is -2.32. The minimum atomic E-state index is 0.0616. The van der Waals surface area contributed by atoms with Crippen LogP contribution >= 0.6 is 0 Å². The number of amides is 1. The second-order valence-electron chi connectivity index (χ2n) is 7.07. The maximum absolute atomic E-state index is 12.8. The highest BCUT2D eigenvalue weighted by atomic mass is 16.5. The van der Waals surface area contributed by atoms with Gasteiger partial charge in [-0.05, 0) is 55.7 Å². The number of likely N-dealkylation sites (tertiary alicyclic amines) is 1. The molecule has 0 aromatic heterocycles. The van der Waals surface area contributed by atoms with Crippen LogP contribution in [0.1, 0.15) is 36.0 Å². The molecule has 3 rings (SSSR count). The highest BCUT2D eigenvalue weighted by molar-refractivity contribution is 5.95. The summed E-state index contributed by atoms with van der Waals surface area (Å²) in [4.78, 5) is 14.6. The van der Waals surface area contributed by atoms with Gasteiger partial charge in [-0.2, -0.15) is 0 Å². The molecule has 24 heavy (non-hydrogen) atoms. The van der Waals surface area contributed by atoms with E-state index < -0.39 is 0 Å². The number of anilines is 1. The van der Waals surface area contributed by atoms with E-state index in [0.717, 1.165) is 25.1 Å². The van der Waals surface area contributed by atoms with Crippen LogP contribution in [0.2, 0.25) is 0 Å². The number of methoxy groups -OCH3 is 1. The van der Waals surface area contributed by atoms with Crippen molar-refractivity contribution in [1.29, 1.82) is 0 Å². The fourth-order valence-corrected chi connectivity index (χ4v) is 3.51. The van der Waals surface area contributed by atoms with Crippen molar-refractivity contribution in [3.8, 4) is 0 Å². The van der Waals surface area contributed by atoms with E-state index in [9.17, 15) is 9.90 Å². The molecule has 1 heterocycles. The number of carbonyl (C=O) groups excluding carboxylic acids is 1. The van der Waals surface area contributed by atoms with Gasteiger partial charge in [0.1, 0.15) is 0 Å². The van der Waals surface area contributed by atoms with Crippen LogP contribution < -0.4 is 5.32 Å². The first kappa shape index (κ1) is 17.2. The number of nitrogens with one attached hydrogen (secondary N) is 1. The average Bonchev–Trinajstić information content (AvgIpc) is 3.46. The van der Waals surface area contributed by atoms with Crippen molar-refractivity contribution in [3.63, 3.8) is 0 Å². The zero-order valence-corrected chi connectivity index (χ0v) is 14.4. The minimum absolute atomic E-state index is 0.0616. The smallest absolute Gasteiger partial charge is 0.253 e. The minimum Gasteiger partial charge on any atom is -0.396 e. The lowest BCUT2D eigenvalue weighted by atomic mass is 9.98. The molecule has 5 nitrogen and oxygen atoms in total. The molecule has 132 valence electrons. The van der Waals surface area contributed by atoms with Gasteiger partial charge in [0.15, 0.2) is 0 Å². The lowest BCUT2D eigenvalue weighted by Crippen LogP contribution is -2.41. The summed E-state index contributed by atoms with van der Waals surface area (Å²) in [5, 5.41) is 12.9. The quantitative estimate of drug-likeness (QED) is 0.805. The molecule has 2 atom stereocenters. The number of hydrogen-bond donors (Lipinski definition) is 2. The lowest BCUT2D eigenvalue weighted by molar-refractivity contribution is 0.0621. The number of benzene rings is 1. The molecule has 2 N–H and O–H groups in total. The predicted molar refractivity (Wildman–Crippen MR) is 94.2 cm³/mol. The molecule has 1 aromatic rings. The Balaban J connectivity index is 1.66. The maximum atomic E-state index is 12.8. The second-order valence-corrected chi connectivity index (χ2v) is 7.07. The van der Waals surface area contributed by atoms with E-state index in [1.807, 2.05) is 29.2 Å². The predicted octanol–water partition coefficient (Wildman–Crippen LogP) is 2.37. The number of piperidine rings is 1. The first-order valence-corrected chi connectivity index (χ1v) is 8.97. The van der Waals surface area contributed by atoms with Gasteiger partial charge in [-0.3, -0.25) is 4.79 Å². The monoisotopic (exact) mass is 332 g/mol.